The number of carbonyl (C=O) groups excluding carboxylic acids is 1. The number of rotatable bonds is 4. The fourth-order valence-electron chi connectivity index (χ4n) is 4.36. The molecular weight excluding hydrogens is 428 g/mol. The molecule has 2 fully saturated rings. The predicted octanol–water partition coefficient (Wildman–Crippen LogP) is 4.09. The van der Waals surface area contributed by atoms with Gasteiger partial charge in [-0.25, -0.2) is 14.6 Å². The van der Waals surface area contributed by atoms with Crippen molar-refractivity contribution in [3.05, 3.63) is 28.5 Å². The number of piperidine rings is 2. The molecule has 2 aliphatic heterocycles. The highest BCUT2D eigenvalue weighted by molar-refractivity contribution is 9.10. The quantitative estimate of drug-likeness (QED) is 0.688. The number of hydrogen-bond donors (Lipinski definition) is 1. The van der Waals surface area contributed by atoms with E-state index in [0.717, 1.165) is 24.8 Å². The van der Waals surface area contributed by atoms with Crippen molar-refractivity contribution >= 4 is 28.0 Å². The van der Waals surface area contributed by atoms with Crippen LogP contribution in [0.25, 0.3) is 0 Å². The van der Waals surface area contributed by atoms with Gasteiger partial charge in [-0.2, -0.15) is 0 Å². The summed E-state index contributed by atoms with van der Waals surface area (Å²) in [6, 6.07) is 3.60. The Morgan fingerprint density at radius 3 is 2.50 bits per heavy atom. The average molecular weight is 455 g/mol. The predicted molar refractivity (Wildman–Crippen MR) is 106 cm³/mol. The van der Waals surface area contributed by atoms with E-state index in [4.69, 9.17) is 9.47 Å². The minimum atomic E-state index is -1.01. The van der Waals surface area contributed by atoms with Crippen LogP contribution in [0, 0.1) is 0 Å². The van der Waals surface area contributed by atoms with Gasteiger partial charge in [-0.1, -0.05) is 6.07 Å². The van der Waals surface area contributed by atoms with Crippen LogP contribution in [0.4, 0.5) is 4.79 Å². The largest absolute Gasteiger partial charge is 0.480 e. The van der Waals surface area contributed by atoms with Crippen molar-refractivity contribution in [1.82, 2.24) is 9.88 Å². The summed E-state index contributed by atoms with van der Waals surface area (Å²) in [7, 11) is 0. The van der Waals surface area contributed by atoms with E-state index in [9.17, 15) is 14.7 Å². The number of aromatic nitrogens is 1. The van der Waals surface area contributed by atoms with Gasteiger partial charge < -0.3 is 19.5 Å². The molecule has 2 bridgehead atoms. The molecule has 28 heavy (non-hydrogen) atoms. The van der Waals surface area contributed by atoms with Crippen molar-refractivity contribution in [1.29, 1.82) is 0 Å². The second-order valence-electron chi connectivity index (χ2n) is 8.55. The van der Waals surface area contributed by atoms with Crippen molar-refractivity contribution in [2.24, 2.45) is 0 Å². The summed E-state index contributed by atoms with van der Waals surface area (Å²) in [4.78, 5) is 30.3. The van der Waals surface area contributed by atoms with E-state index in [1.807, 2.05) is 37.8 Å². The second kappa shape index (κ2) is 7.99. The van der Waals surface area contributed by atoms with Crippen LogP contribution in [0.2, 0.25) is 0 Å². The Kier molecular flexibility index (Phi) is 6.00. The highest BCUT2D eigenvalue weighted by atomic mass is 79.9. The number of ether oxygens (including phenoxy) is 2. The van der Waals surface area contributed by atoms with Gasteiger partial charge in [0.15, 0.2) is 0 Å². The van der Waals surface area contributed by atoms with E-state index in [1.54, 1.807) is 6.20 Å². The minimum Gasteiger partial charge on any atom is -0.480 e. The number of hydrogen-bond acceptors (Lipinski definition) is 5. The molecule has 2 aliphatic rings. The molecule has 0 radical (unpaired) electrons. The van der Waals surface area contributed by atoms with E-state index in [1.165, 1.54) is 0 Å². The fourth-order valence-corrected chi connectivity index (χ4v) is 4.98. The van der Waals surface area contributed by atoms with E-state index in [0.29, 0.717) is 17.4 Å². The minimum absolute atomic E-state index is 0.0664. The van der Waals surface area contributed by atoms with Crippen LogP contribution in [0.1, 0.15) is 58.4 Å². The van der Waals surface area contributed by atoms with Crippen molar-refractivity contribution in [3.8, 4) is 0 Å². The first-order chi connectivity index (χ1) is 13.1. The third kappa shape index (κ3) is 4.49. The van der Waals surface area contributed by atoms with Crippen molar-refractivity contribution < 1.29 is 24.2 Å². The van der Waals surface area contributed by atoms with Crippen LogP contribution in [0.3, 0.4) is 0 Å². The lowest BCUT2D eigenvalue weighted by molar-refractivity contribution is -0.164. The number of carbonyl (C=O) groups is 2. The van der Waals surface area contributed by atoms with Gasteiger partial charge in [-0.15, -0.1) is 0 Å². The van der Waals surface area contributed by atoms with Crippen LogP contribution >= 0.6 is 15.9 Å². The first-order valence-electron chi connectivity index (χ1n) is 9.59. The molecule has 0 aromatic carbocycles. The van der Waals surface area contributed by atoms with Gasteiger partial charge in [-0.3, -0.25) is 0 Å². The van der Waals surface area contributed by atoms with Gasteiger partial charge >= 0.3 is 12.1 Å². The molecule has 2 unspecified atom stereocenters. The second-order valence-corrected chi connectivity index (χ2v) is 9.30. The van der Waals surface area contributed by atoms with Crippen LogP contribution < -0.4 is 0 Å². The summed E-state index contributed by atoms with van der Waals surface area (Å²) < 4.78 is 12.3. The Morgan fingerprint density at radius 2 is 1.96 bits per heavy atom. The van der Waals surface area contributed by atoms with E-state index >= 15 is 0 Å². The summed E-state index contributed by atoms with van der Waals surface area (Å²) in [6.07, 6.45) is 5.10. The number of carboxylic acids is 1. The zero-order valence-corrected chi connectivity index (χ0v) is 18.1. The van der Waals surface area contributed by atoms with Crippen molar-refractivity contribution in [3.63, 3.8) is 0 Å². The molecule has 3 heterocycles. The molecule has 3 rings (SSSR count). The molecule has 1 aromatic rings. The number of halogens is 1. The van der Waals surface area contributed by atoms with Crippen LogP contribution in [-0.4, -0.2) is 51.3 Å². The summed E-state index contributed by atoms with van der Waals surface area (Å²) >= 11 is 3.49. The number of carboxylic acid groups (broad SMARTS) is 1. The molecule has 1 amide bonds. The maximum absolute atomic E-state index is 12.9. The van der Waals surface area contributed by atoms with Crippen LogP contribution in [-0.2, 0) is 19.9 Å². The molecule has 154 valence electrons. The summed E-state index contributed by atoms with van der Waals surface area (Å²) in [6.45, 7) is 5.18. The number of fused-ring (bicyclic) bond motifs is 2. The SMILES string of the molecule is CC(C)(C)OC(=O)N1C2CCCC1CC(OCC(=O)O)(c1cccnc1Br)C2. The monoisotopic (exact) mass is 454 g/mol. The lowest BCUT2D eigenvalue weighted by atomic mass is 9.72. The highest BCUT2D eigenvalue weighted by Crippen LogP contribution is 2.48. The highest BCUT2D eigenvalue weighted by Gasteiger charge is 2.51. The lowest BCUT2D eigenvalue weighted by Crippen LogP contribution is -2.60. The maximum Gasteiger partial charge on any atom is 0.410 e. The van der Waals surface area contributed by atoms with E-state index in [2.05, 4.69) is 20.9 Å². The summed E-state index contributed by atoms with van der Waals surface area (Å²) in [5, 5.41) is 9.21. The average Bonchev–Trinajstić information content (AvgIpc) is 2.58. The Bertz CT molecular complexity index is 734. The summed E-state index contributed by atoms with van der Waals surface area (Å²) in [5.41, 5.74) is -0.539. The van der Waals surface area contributed by atoms with Crippen LogP contribution in [0.5, 0.6) is 0 Å². The lowest BCUT2D eigenvalue weighted by Gasteiger charge is -2.53. The number of pyridine rings is 1. The van der Waals surface area contributed by atoms with Gasteiger partial charge in [0.25, 0.3) is 0 Å². The Hall–Kier alpha value is -1.67. The summed E-state index contributed by atoms with van der Waals surface area (Å²) in [5.74, 6) is -1.01. The molecule has 2 atom stereocenters. The van der Waals surface area contributed by atoms with Crippen molar-refractivity contribution in [2.75, 3.05) is 6.61 Å². The van der Waals surface area contributed by atoms with E-state index in [-0.39, 0.29) is 18.2 Å². The maximum atomic E-state index is 12.9. The zero-order valence-electron chi connectivity index (χ0n) is 16.5. The molecule has 0 spiro atoms. The third-order valence-corrected chi connectivity index (χ3v) is 5.95. The van der Waals surface area contributed by atoms with Gasteiger partial charge in [0, 0.05) is 36.7 Å². The molecule has 0 saturated carbocycles. The number of aliphatic carboxylic acids is 1. The molecule has 2 saturated heterocycles. The van der Waals surface area contributed by atoms with Crippen molar-refractivity contribution in [2.45, 2.75) is 76.2 Å². The Labute approximate surface area is 173 Å². The standard InChI is InChI=1S/C20H27BrN2O5/c1-19(2,3)28-18(26)23-13-6-4-7-14(23)11-20(10-13,27-12-16(24)25)15-8-5-9-22-17(15)21/h5,8-9,13-14H,4,6-7,10-12H2,1-3H3,(H,24,25). The van der Waals surface area contributed by atoms with Gasteiger partial charge in [-0.05, 0) is 62.0 Å². The molecule has 8 heteroatoms. The first-order valence-corrected chi connectivity index (χ1v) is 10.4. The fraction of sp³-hybridized carbons (Fsp3) is 0.650. The van der Waals surface area contributed by atoms with Gasteiger partial charge in [0.05, 0.1) is 0 Å². The Balaban J connectivity index is 1.93. The normalized spacial score (nSPS) is 27.4. The molecule has 1 N–H and O–H groups in total. The van der Waals surface area contributed by atoms with E-state index < -0.39 is 23.8 Å². The molecule has 0 aliphatic carbocycles. The third-order valence-electron chi connectivity index (χ3n) is 5.32. The molecule has 1 aromatic heterocycles. The van der Waals surface area contributed by atoms with Gasteiger partial charge in [0.2, 0.25) is 0 Å². The molecule has 7 nitrogen and oxygen atoms in total. The molecular formula is C20H27BrN2O5. The Morgan fingerprint density at radius 1 is 1.32 bits per heavy atom. The number of nitrogens with zero attached hydrogens (tertiary/aromatic N) is 2. The van der Waals surface area contributed by atoms with Crippen LogP contribution in [0.15, 0.2) is 22.9 Å². The van der Waals surface area contributed by atoms with Gasteiger partial charge in [0.1, 0.15) is 22.4 Å². The topological polar surface area (TPSA) is 89.0 Å². The zero-order chi connectivity index (χ0) is 20.5. The smallest absolute Gasteiger partial charge is 0.410 e. The first kappa shape index (κ1) is 21.0. The number of amides is 1.